The highest BCUT2D eigenvalue weighted by atomic mass is 35.5. The van der Waals surface area contributed by atoms with E-state index < -0.39 is 0 Å². The van der Waals surface area contributed by atoms with Gasteiger partial charge in [0.2, 0.25) is 0 Å². The largest absolute Gasteiger partial charge is 0.348 e. The predicted octanol–water partition coefficient (Wildman–Crippen LogP) is 2.45. The summed E-state index contributed by atoms with van der Waals surface area (Å²) < 4.78 is 4.77. The Balaban J connectivity index is 2.58. The molecule has 1 N–H and O–H groups in total. The molecule has 66 valence electrons. The van der Waals surface area contributed by atoms with Crippen LogP contribution in [-0.2, 0) is 0 Å². The van der Waals surface area contributed by atoms with Crippen LogP contribution in [0.4, 0.5) is 0 Å². The van der Waals surface area contributed by atoms with E-state index in [1.165, 1.54) is 6.20 Å². The number of aromatic nitrogens is 3. The molecular formula is C7H4ClN3OS. The smallest absolute Gasteiger partial charge is 0.314 e. The molecule has 2 aromatic rings. The van der Waals surface area contributed by atoms with Crippen LogP contribution in [0.3, 0.4) is 0 Å². The van der Waals surface area contributed by atoms with E-state index >= 15 is 0 Å². The van der Waals surface area contributed by atoms with Gasteiger partial charge in [0, 0.05) is 18.0 Å². The van der Waals surface area contributed by atoms with E-state index in [9.17, 15) is 0 Å². The van der Waals surface area contributed by atoms with Crippen molar-refractivity contribution in [2.24, 2.45) is 0 Å². The van der Waals surface area contributed by atoms with Gasteiger partial charge in [-0.1, -0.05) is 11.6 Å². The Bertz CT molecular complexity index is 478. The second-order valence-electron chi connectivity index (χ2n) is 2.29. The van der Waals surface area contributed by atoms with Crippen molar-refractivity contribution in [2.75, 3.05) is 0 Å². The van der Waals surface area contributed by atoms with E-state index in [0.29, 0.717) is 10.8 Å². The van der Waals surface area contributed by atoms with Crippen LogP contribution in [0.5, 0.6) is 0 Å². The molecule has 13 heavy (non-hydrogen) atoms. The zero-order valence-electron chi connectivity index (χ0n) is 6.32. The minimum atomic E-state index is 0.155. The molecule has 0 aliphatic heterocycles. The first-order valence-corrected chi connectivity index (χ1v) is 4.21. The van der Waals surface area contributed by atoms with Gasteiger partial charge >= 0.3 is 4.84 Å². The van der Waals surface area contributed by atoms with Crippen molar-refractivity contribution in [3.8, 4) is 11.4 Å². The topological polar surface area (TPSA) is 54.7 Å². The first-order chi connectivity index (χ1) is 6.27. The molecule has 0 saturated heterocycles. The van der Waals surface area contributed by atoms with E-state index in [0.717, 1.165) is 5.56 Å². The van der Waals surface area contributed by atoms with Gasteiger partial charge in [-0.15, -0.1) is 0 Å². The highest BCUT2D eigenvalue weighted by Gasteiger charge is 2.06. The SMILES string of the molecule is S=c1nc(-c2ccncc2Cl)[nH]o1. The molecule has 2 heterocycles. The first kappa shape index (κ1) is 8.40. The second-order valence-corrected chi connectivity index (χ2v) is 3.04. The summed E-state index contributed by atoms with van der Waals surface area (Å²) in [5, 5.41) is 3.06. The van der Waals surface area contributed by atoms with Gasteiger partial charge in [-0.25, -0.2) is 5.16 Å². The highest BCUT2D eigenvalue weighted by molar-refractivity contribution is 7.71. The molecule has 0 saturated carbocycles. The maximum Gasteiger partial charge on any atom is 0.314 e. The maximum absolute atomic E-state index is 5.87. The Morgan fingerprint density at radius 2 is 2.38 bits per heavy atom. The fraction of sp³-hybridized carbons (Fsp3) is 0. The summed E-state index contributed by atoms with van der Waals surface area (Å²) in [5.41, 5.74) is 0.719. The molecule has 4 nitrogen and oxygen atoms in total. The average Bonchev–Trinajstić information content (AvgIpc) is 2.53. The molecule has 0 aromatic carbocycles. The van der Waals surface area contributed by atoms with Gasteiger partial charge in [0.25, 0.3) is 0 Å². The lowest BCUT2D eigenvalue weighted by Gasteiger charge is -1.95. The fourth-order valence-electron chi connectivity index (χ4n) is 0.911. The Morgan fingerprint density at radius 3 is 3.00 bits per heavy atom. The average molecular weight is 214 g/mol. The molecule has 0 aliphatic carbocycles. The summed E-state index contributed by atoms with van der Waals surface area (Å²) in [4.78, 5) is 7.92. The Hall–Kier alpha value is -1.20. The Labute approximate surface area is 83.6 Å². The number of aromatic amines is 1. The number of hydrogen-bond donors (Lipinski definition) is 1. The van der Waals surface area contributed by atoms with Gasteiger partial charge in [-0.2, -0.15) is 4.98 Å². The maximum atomic E-state index is 5.87. The standard InChI is InChI=1S/C7H4ClN3OS/c8-5-3-9-2-1-4(5)6-10-7(13)12-11-6/h1-3H,(H,10,11,13). The van der Waals surface area contributed by atoms with E-state index in [1.807, 2.05) is 0 Å². The quantitative estimate of drug-likeness (QED) is 0.740. The van der Waals surface area contributed by atoms with Crippen molar-refractivity contribution in [1.29, 1.82) is 0 Å². The van der Waals surface area contributed by atoms with Crippen molar-refractivity contribution in [1.82, 2.24) is 15.1 Å². The normalized spacial score (nSPS) is 10.2. The number of halogens is 1. The van der Waals surface area contributed by atoms with Crippen LogP contribution in [0.15, 0.2) is 23.0 Å². The van der Waals surface area contributed by atoms with Crippen LogP contribution in [-0.4, -0.2) is 15.1 Å². The molecule has 0 fully saturated rings. The lowest BCUT2D eigenvalue weighted by Crippen LogP contribution is -1.82. The van der Waals surface area contributed by atoms with Gasteiger partial charge in [0.15, 0.2) is 5.82 Å². The molecule has 0 bridgehead atoms. The second kappa shape index (κ2) is 3.27. The van der Waals surface area contributed by atoms with Gasteiger partial charge in [0.05, 0.1) is 5.02 Å². The lowest BCUT2D eigenvalue weighted by molar-refractivity contribution is 0.406. The van der Waals surface area contributed by atoms with Gasteiger partial charge in [-0.3, -0.25) is 4.98 Å². The molecule has 0 radical (unpaired) electrons. The summed E-state index contributed by atoms with van der Waals surface area (Å²) in [7, 11) is 0. The third kappa shape index (κ3) is 1.61. The molecule has 0 amide bonds. The van der Waals surface area contributed by atoms with Crippen LogP contribution >= 0.6 is 23.8 Å². The van der Waals surface area contributed by atoms with Crippen LogP contribution in [0.1, 0.15) is 0 Å². The summed E-state index contributed by atoms with van der Waals surface area (Å²) in [6.45, 7) is 0. The van der Waals surface area contributed by atoms with Crippen LogP contribution in [0, 0.1) is 4.84 Å². The van der Waals surface area contributed by atoms with E-state index in [4.69, 9.17) is 28.3 Å². The number of nitrogens with one attached hydrogen (secondary N) is 1. The van der Waals surface area contributed by atoms with Crippen molar-refractivity contribution < 1.29 is 4.52 Å². The zero-order chi connectivity index (χ0) is 9.26. The lowest BCUT2D eigenvalue weighted by atomic mass is 10.2. The summed E-state index contributed by atoms with van der Waals surface area (Å²) >= 11 is 10.6. The van der Waals surface area contributed by atoms with Crippen molar-refractivity contribution >= 4 is 23.8 Å². The molecule has 2 aromatic heterocycles. The number of hydrogen-bond acceptors (Lipinski definition) is 4. The van der Waals surface area contributed by atoms with Gasteiger partial charge in [-0.05, 0) is 18.3 Å². The summed E-state index contributed by atoms with van der Waals surface area (Å²) in [6, 6.07) is 1.73. The van der Waals surface area contributed by atoms with Crippen LogP contribution in [0.2, 0.25) is 5.02 Å². The van der Waals surface area contributed by atoms with E-state index in [1.54, 1.807) is 12.3 Å². The molecule has 6 heteroatoms. The van der Waals surface area contributed by atoms with E-state index in [2.05, 4.69) is 15.1 Å². The minimum Gasteiger partial charge on any atom is -0.348 e. The number of H-pyrrole nitrogens is 1. The minimum absolute atomic E-state index is 0.155. The number of pyridine rings is 1. The van der Waals surface area contributed by atoms with Crippen LogP contribution < -0.4 is 0 Å². The molecule has 0 spiro atoms. The number of rotatable bonds is 1. The summed E-state index contributed by atoms with van der Waals surface area (Å²) in [6.07, 6.45) is 3.15. The third-order valence-corrected chi connectivity index (χ3v) is 1.94. The van der Waals surface area contributed by atoms with Crippen molar-refractivity contribution in [2.45, 2.75) is 0 Å². The third-order valence-electron chi connectivity index (χ3n) is 1.47. The molecule has 0 unspecified atom stereocenters. The molecule has 2 rings (SSSR count). The molecule has 0 atom stereocenters. The van der Waals surface area contributed by atoms with Gasteiger partial charge < -0.3 is 4.52 Å². The van der Waals surface area contributed by atoms with Crippen molar-refractivity contribution in [3.63, 3.8) is 0 Å². The monoisotopic (exact) mass is 213 g/mol. The molecular weight excluding hydrogens is 210 g/mol. The fourth-order valence-corrected chi connectivity index (χ4v) is 1.25. The number of nitrogens with zero attached hydrogens (tertiary/aromatic N) is 2. The zero-order valence-corrected chi connectivity index (χ0v) is 7.89. The summed E-state index contributed by atoms with van der Waals surface area (Å²) in [5.74, 6) is 0.511. The molecule has 0 aliphatic rings. The highest BCUT2D eigenvalue weighted by Crippen LogP contribution is 2.22. The Morgan fingerprint density at radius 1 is 1.54 bits per heavy atom. The first-order valence-electron chi connectivity index (χ1n) is 3.43. The Kier molecular flexibility index (Phi) is 2.12. The predicted molar refractivity (Wildman–Crippen MR) is 49.9 cm³/mol. The van der Waals surface area contributed by atoms with Crippen molar-refractivity contribution in [3.05, 3.63) is 28.3 Å². The van der Waals surface area contributed by atoms with Gasteiger partial charge in [0.1, 0.15) is 0 Å². The van der Waals surface area contributed by atoms with Crippen LogP contribution in [0.25, 0.3) is 11.4 Å². The van der Waals surface area contributed by atoms with E-state index in [-0.39, 0.29) is 4.84 Å².